The van der Waals surface area contributed by atoms with Crippen molar-refractivity contribution in [3.63, 3.8) is 0 Å². The average Bonchev–Trinajstić information content (AvgIpc) is 2.74. The van der Waals surface area contributed by atoms with Gasteiger partial charge in [-0.2, -0.15) is 5.26 Å². The lowest BCUT2D eigenvalue weighted by Gasteiger charge is -1.99. The number of aromatic amines is 1. The minimum atomic E-state index is 0.542. The van der Waals surface area contributed by atoms with Crippen LogP contribution in [0.3, 0.4) is 0 Å². The molecule has 0 amide bonds. The fraction of sp³-hybridized carbons (Fsp3) is 0.154. The Morgan fingerprint density at radius 1 is 1.31 bits per heavy atom. The second-order valence-corrected chi connectivity index (χ2v) is 3.34. The minimum absolute atomic E-state index is 0.542. The van der Waals surface area contributed by atoms with Crippen LogP contribution in [0, 0.1) is 11.3 Å². The zero-order valence-corrected chi connectivity index (χ0v) is 9.03. The molecule has 2 aromatic rings. The van der Waals surface area contributed by atoms with Crippen LogP contribution in [0.2, 0.25) is 0 Å². The quantitative estimate of drug-likeness (QED) is 0.850. The van der Waals surface area contributed by atoms with E-state index in [-0.39, 0.29) is 0 Å². The van der Waals surface area contributed by atoms with E-state index < -0.39 is 0 Å². The van der Waals surface area contributed by atoms with Gasteiger partial charge in [0.2, 0.25) is 5.88 Å². The van der Waals surface area contributed by atoms with Gasteiger partial charge in [0.1, 0.15) is 11.6 Å². The third-order valence-electron chi connectivity index (χ3n) is 2.28. The predicted octanol–water partition coefficient (Wildman–Crippen LogP) is 2.95. The zero-order valence-electron chi connectivity index (χ0n) is 9.03. The molecule has 0 aliphatic heterocycles. The normalized spacial score (nSPS) is 9.75. The van der Waals surface area contributed by atoms with Gasteiger partial charge in [-0.25, -0.2) is 0 Å². The summed E-state index contributed by atoms with van der Waals surface area (Å²) in [6.07, 6.45) is 0. The lowest BCUT2D eigenvalue weighted by molar-refractivity contribution is 0.328. The molecule has 1 aromatic heterocycles. The van der Waals surface area contributed by atoms with Crippen LogP contribution in [0.5, 0.6) is 5.88 Å². The van der Waals surface area contributed by atoms with Crippen molar-refractivity contribution in [3.05, 3.63) is 42.0 Å². The molecule has 0 fully saturated rings. The molecule has 1 aromatic carbocycles. The molecule has 16 heavy (non-hydrogen) atoms. The van der Waals surface area contributed by atoms with E-state index in [1.165, 1.54) is 0 Å². The van der Waals surface area contributed by atoms with Crippen molar-refractivity contribution in [1.29, 1.82) is 5.26 Å². The molecule has 1 heterocycles. The molecule has 3 heteroatoms. The zero-order chi connectivity index (χ0) is 11.4. The summed E-state index contributed by atoms with van der Waals surface area (Å²) in [6, 6.07) is 13.8. The summed E-state index contributed by atoms with van der Waals surface area (Å²) in [5.41, 5.74) is 2.49. The van der Waals surface area contributed by atoms with Gasteiger partial charge in [-0.15, -0.1) is 0 Å². The van der Waals surface area contributed by atoms with Crippen molar-refractivity contribution >= 4 is 0 Å². The molecule has 0 saturated carbocycles. The summed E-state index contributed by atoms with van der Waals surface area (Å²) < 4.78 is 5.35. The van der Waals surface area contributed by atoms with Crippen LogP contribution in [0.1, 0.15) is 12.5 Å². The second-order valence-electron chi connectivity index (χ2n) is 3.34. The molecule has 2 rings (SSSR count). The molecule has 0 radical (unpaired) electrons. The summed E-state index contributed by atoms with van der Waals surface area (Å²) in [6.45, 7) is 2.44. The SMILES string of the molecule is CCOc1[nH]c(-c2ccccc2)cc1C#N. The third kappa shape index (κ3) is 1.91. The van der Waals surface area contributed by atoms with Gasteiger partial charge in [-0.05, 0) is 18.6 Å². The summed E-state index contributed by atoms with van der Waals surface area (Å²) in [5, 5.41) is 8.96. The monoisotopic (exact) mass is 212 g/mol. The van der Waals surface area contributed by atoms with E-state index in [0.717, 1.165) is 11.3 Å². The fourth-order valence-corrected chi connectivity index (χ4v) is 1.55. The standard InChI is InChI=1S/C13H12N2O/c1-2-16-13-11(9-14)8-12(15-13)10-6-4-3-5-7-10/h3-8,15H,2H2,1H3. The Kier molecular flexibility index (Phi) is 2.93. The van der Waals surface area contributed by atoms with Gasteiger partial charge in [-0.1, -0.05) is 30.3 Å². The van der Waals surface area contributed by atoms with E-state index in [9.17, 15) is 0 Å². The first kappa shape index (κ1) is 10.3. The maximum absolute atomic E-state index is 8.96. The van der Waals surface area contributed by atoms with Crippen LogP contribution in [0.25, 0.3) is 11.3 Å². The second kappa shape index (κ2) is 4.54. The summed E-state index contributed by atoms with van der Waals surface area (Å²) >= 11 is 0. The maximum atomic E-state index is 8.96. The van der Waals surface area contributed by atoms with Crippen molar-refractivity contribution in [2.24, 2.45) is 0 Å². The predicted molar refractivity (Wildman–Crippen MR) is 62.1 cm³/mol. The van der Waals surface area contributed by atoms with E-state index in [4.69, 9.17) is 10.00 Å². The topological polar surface area (TPSA) is 48.8 Å². The molecule has 0 spiro atoms. The number of hydrogen-bond donors (Lipinski definition) is 1. The van der Waals surface area contributed by atoms with Gasteiger partial charge in [0.25, 0.3) is 0 Å². The molecule has 3 nitrogen and oxygen atoms in total. The Morgan fingerprint density at radius 3 is 2.69 bits per heavy atom. The minimum Gasteiger partial charge on any atom is -0.478 e. The van der Waals surface area contributed by atoms with Crippen LogP contribution < -0.4 is 4.74 Å². The van der Waals surface area contributed by atoms with Crippen LogP contribution in [0.15, 0.2) is 36.4 Å². The number of nitrogens with one attached hydrogen (secondary N) is 1. The van der Waals surface area contributed by atoms with Crippen molar-refractivity contribution in [1.82, 2.24) is 4.98 Å². The Hall–Kier alpha value is -2.21. The van der Waals surface area contributed by atoms with Crippen LogP contribution >= 0.6 is 0 Å². The first-order valence-corrected chi connectivity index (χ1v) is 5.16. The van der Waals surface area contributed by atoms with E-state index in [0.29, 0.717) is 18.1 Å². The Labute approximate surface area is 94.3 Å². The first-order chi connectivity index (χ1) is 7.85. The number of nitriles is 1. The molecule has 0 saturated heterocycles. The molecular weight excluding hydrogens is 200 g/mol. The molecular formula is C13H12N2O. The Bertz CT molecular complexity index is 508. The highest BCUT2D eigenvalue weighted by molar-refractivity contribution is 5.64. The lowest BCUT2D eigenvalue weighted by atomic mass is 10.1. The van der Waals surface area contributed by atoms with Crippen molar-refractivity contribution in [2.75, 3.05) is 6.61 Å². The van der Waals surface area contributed by atoms with Crippen LogP contribution in [0.4, 0.5) is 0 Å². The van der Waals surface area contributed by atoms with Crippen LogP contribution in [-0.4, -0.2) is 11.6 Å². The highest BCUT2D eigenvalue weighted by Gasteiger charge is 2.09. The summed E-state index contributed by atoms with van der Waals surface area (Å²) in [7, 11) is 0. The number of nitrogens with zero attached hydrogens (tertiary/aromatic N) is 1. The van der Waals surface area contributed by atoms with Gasteiger partial charge in [0.15, 0.2) is 0 Å². The van der Waals surface area contributed by atoms with Gasteiger partial charge >= 0.3 is 0 Å². The largest absolute Gasteiger partial charge is 0.478 e. The van der Waals surface area contributed by atoms with E-state index in [1.54, 1.807) is 6.07 Å². The lowest BCUT2D eigenvalue weighted by Crippen LogP contribution is -1.93. The first-order valence-electron chi connectivity index (χ1n) is 5.16. The third-order valence-corrected chi connectivity index (χ3v) is 2.28. The number of rotatable bonds is 3. The number of benzene rings is 1. The maximum Gasteiger partial charge on any atom is 0.209 e. The molecule has 0 unspecified atom stereocenters. The van der Waals surface area contributed by atoms with Gasteiger partial charge in [-0.3, -0.25) is 0 Å². The number of ether oxygens (including phenoxy) is 1. The Morgan fingerprint density at radius 2 is 2.06 bits per heavy atom. The molecule has 0 bridgehead atoms. The highest BCUT2D eigenvalue weighted by atomic mass is 16.5. The molecule has 0 aliphatic carbocycles. The average molecular weight is 212 g/mol. The van der Waals surface area contributed by atoms with Crippen molar-refractivity contribution in [2.45, 2.75) is 6.92 Å². The van der Waals surface area contributed by atoms with E-state index in [1.807, 2.05) is 37.3 Å². The van der Waals surface area contributed by atoms with Gasteiger partial charge in [0, 0.05) is 5.69 Å². The molecule has 0 atom stereocenters. The van der Waals surface area contributed by atoms with Crippen LogP contribution in [-0.2, 0) is 0 Å². The molecule has 1 N–H and O–H groups in total. The highest BCUT2D eigenvalue weighted by Crippen LogP contribution is 2.25. The summed E-state index contributed by atoms with van der Waals surface area (Å²) in [5.74, 6) is 0.545. The molecule has 80 valence electrons. The Balaban J connectivity index is 2.41. The number of hydrogen-bond acceptors (Lipinski definition) is 2. The van der Waals surface area contributed by atoms with E-state index in [2.05, 4.69) is 11.1 Å². The number of aromatic nitrogens is 1. The smallest absolute Gasteiger partial charge is 0.209 e. The fourth-order valence-electron chi connectivity index (χ4n) is 1.55. The van der Waals surface area contributed by atoms with Crippen molar-refractivity contribution < 1.29 is 4.74 Å². The summed E-state index contributed by atoms with van der Waals surface area (Å²) in [4.78, 5) is 3.11. The molecule has 0 aliphatic rings. The van der Waals surface area contributed by atoms with Gasteiger partial charge < -0.3 is 9.72 Å². The van der Waals surface area contributed by atoms with E-state index >= 15 is 0 Å². The number of H-pyrrole nitrogens is 1. The van der Waals surface area contributed by atoms with Crippen molar-refractivity contribution in [3.8, 4) is 23.2 Å². The van der Waals surface area contributed by atoms with Gasteiger partial charge in [0.05, 0.1) is 6.61 Å².